The number of benzene rings is 2. The summed E-state index contributed by atoms with van der Waals surface area (Å²) in [5, 5.41) is 7.16. The first-order valence-electron chi connectivity index (χ1n) is 8.73. The van der Waals surface area contributed by atoms with Crippen molar-refractivity contribution in [2.75, 3.05) is 0 Å². The van der Waals surface area contributed by atoms with Gasteiger partial charge in [-0.1, -0.05) is 35.5 Å². The molecule has 0 aliphatic carbocycles. The normalized spacial score (nSPS) is 10.9. The Morgan fingerprint density at radius 1 is 1.07 bits per heavy atom. The van der Waals surface area contributed by atoms with Crippen LogP contribution in [0.5, 0.6) is 0 Å². The summed E-state index contributed by atoms with van der Waals surface area (Å²) in [5.41, 5.74) is 1.04. The Labute approximate surface area is 159 Å². The molecule has 0 fully saturated rings. The van der Waals surface area contributed by atoms with Gasteiger partial charge in [0.15, 0.2) is 5.82 Å². The van der Waals surface area contributed by atoms with E-state index in [1.807, 2.05) is 12.1 Å². The number of hydrogen-bond acceptors (Lipinski definition) is 6. The minimum Gasteiger partial charge on any atom is -0.343 e. The molecule has 28 heavy (non-hydrogen) atoms. The molecule has 4 aromatic rings. The van der Waals surface area contributed by atoms with Gasteiger partial charge >= 0.3 is 0 Å². The van der Waals surface area contributed by atoms with Crippen LogP contribution in [-0.4, -0.2) is 25.6 Å². The Morgan fingerprint density at radius 2 is 1.82 bits per heavy atom. The fourth-order valence-corrected chi connectivity index (χ4v) is 2.88. The van der Waals surface area contributed by atoms with Gasteiger partial charge in [0.1, 0.15) is 5.82 Å². The van der Waals surface area contributed by atoms with Crippen molar-refractivity contribution in [1.29, 1.82) is 0 Å². The van der Waals surface area contributed by atoms with Gasteiger partial charge in [-0.25, -0.2) is 4.98 Å². The first kappa shape index (κ1) is 17.6. The highest BCUT2D eigenvalue weighted by atomic mass is 16.5. The van der Waals surface area contributed by atoms with E-state index in [4.69, 9.17) is 4.52 Å². The van der Waals surface area contributed by atoms with E-state index in [0.717, 1.165) is 0 Å². The molecule has 8 nitrogen and oxygen atoms in total. The average molecular weight is 375 g/mol. The molecule has 0 radical (unpaired) electrons. The van der Waals surface area contributed by atoms with Gasteiger partial charge in [-0.3, -0.25) is 14.2 Å². The van der Waals surface area contributed by atoms with Crippen LogP contribution in [-0.2, 0) is 13.1 Å². The zero-order valence-corrected chi connectivity index (χ0v) is 15.1. The summed E-state index contributed by atoms with van der Waals surface area (Å²) >= 11 is 0. The van der Waals surface area contributed by atoms with E-state index in [2.05, 4.69) is 20.4 Å². The van der Waals surface area contributed by atoms with Crippen molar-refractivity contribution in [2.24, 2.45) is 0 Å². The molecule has 8 heteroatoms. The fraction of sp³-hybridized carbons (Fsp3) is 0.150. The molecule has 0 spiro atoms. The molecule has 0 bridgehead atoms. The Hall–Kier alpha value is -3.81. The molecule has 2 aromatic heterocycles. The van der Waals surface area contributed by atoms with E-state index in [9.17, 15) is 9.59 Å². The molecule has 1 amide bonds. The second-order valence-electron chi connectivity index (χ2n) is 6.22. The highest BCUT2D eigenvalue weighted by Gasteiger charge is 2.13. The third kappa shape index (κ3) is 3.52. The van der Waals surface area contributed by atoms with Crippen LogP contribution in [0.2, 0.25) is 0 Å². The molecule has 0 aliphatic heterocycles. The third-order valence-electron chi connectivity index (χ3n) is 4.30. The van der Waals surface area contributed by atoms with Crippen LogP contribution < -0.4 is 10.9 Å². The predicted octanol–water partition coefficient (Wildman–Crippen LogP) is 2.07. The molecule has 0 saturated heterocycles. The molecule has 0 aliphatic rings. The van der Waals surface area contributed by atoms with Gasteiger partial charge in [0, 0.05) is 5.56 Å². The number of rotatable bonds is 5. The van der Waals surface area contributed by atoms with Crippen molar-refractivity contribution >= 4 is 16.8 Å². The third-order valence-corrected chi connectivity index (χ3v) is 4.30. The predicted molar refractivity (Wildman–Crippen MR) is 102 cm³/mol. The Balaban J connectivity index is 1.49. The Bertz CT molecular complexity index is 1200. The summed E-state index contributed by atoms with van der Waals surface area (Å²) in [6.07, 6.45) is 0. The monoisotopic (exact) mass is 375 g/mol. The Kier molecular flexibility index (Phi) is 4.67. The van der Waals surface area contributed by atoms with Crippen LogP contribution in [0.3, 0.4) is 0 Å². The van der Waals surface area contributed by atoms with Crippen molar-refractivity contribution in [3.63, 3.8) is 0 Å². The van der Waals surface area contributed by atoms with Crippen LogP contribution in [0.25, 0.3) is 10.9 Å². The SMILES string of the molecule is Cc1nc2ccccc2c(=O)n1Cc1noc(CNC(=O)c2ccccc2)n1. The van der Waals surface area contributed by atoms with Gasteiger partial charge in [-0.05, 0) is 31.2 Å². The van der Waals surface area contributed by atoms with Crippen LogP contribution in [0.1, 0.15) is 27.9 Å². The molecule has 140 valence electrons. The zero-order valence-electron chi connectivity index (χ0n) is 15.1. The summed E-state index contributed by atoms with van der Waals surface area (Å²) in [6.45, 7) is 2.00. The van der Waals surface area contributed by atoms with Gasteiger partial charge in [0.2, 0.25) is 5.89 Å². The summed E-state index contributed by atoms with van der Waals surface area (Å²) < 4.78 is 6.68. The van der Waals surface area contributed by atoms with Gasteiger partial charge in [-0.2, -0.15) is 4.98 Å². The number of hydrogen-bond donors (Lipinski definition) is 1. The van der Waals surface area contributed by atoms with Gasteiger partial charge in [-0.15, -0.1) is 0 Å². The molecular formula is C20H17N5O3. The summed E-state index contributed by atoms with van der Waals surface area (Å²) in [7, 11) is 0. The largest absolute Gasteiger partial charge is 0.343 e. The van der Waals surface area contributed by atoms with Crippen LogP contribution in [0, 0.1) is 6.92 Å². The second kappa shape index (κ2) is 7.43. The average Bonchev–Trinajstić information content (AvgIpc) is 3.17. The van der Waals surface area contributed by atoms with Crippen LogP contribution in [0.4, 0.5) is 0 Å². The van der Waals surface area contributed by atoms with Crippen LogP contribution in [0.15, 0.2) is 63.9 Å². The molecule has 2 aromatic carbocycles. The maximum atomic E-state index is 12.7. The quantitative estimate of drug-likeness (QED) is 0.573. The number of carbonyl (C=O) groups is 1. The standard InChI is InChI=1S/C20H17N5O3/c1-13-22-16-10-6-5-9-15(16)20(27)25(13)12-17-23-18(28-24-17)11-21-19(26)14-7-3-2-4-8-14/h2-10H,11-12H2,1H3,(H,21,26). The van der Waals surface area contributed by atoms with Crippen molar-refractivity contribution in [3.05, 3.63) is 88.1 Å². The Morgan fingerprint density at radius 3 is 2.64 bits per heavy atom. The lowest BCUT2D eigenvalue weighted by Crippen LogP contribution is -2.25. The maximum absolute atomic E-state index is 12.7. The summed E-state index contributed by atoms with van der Waals surface area (Å²) in [4.78, 5) is 33.5. The summed E-state index contributed by atoms with van der Waals surface area (Å²) in [5.74, 6) is 0.934. The van der Waals surface area contributed by atoms with Crippen molar-refractivity contribution in [2.45, 2.75) is 20.0 Å². The molecule has 4 rings (SSSR count). The van der Waals surface area contributed by atoms with E-state index in [1.165, 1.54) is 4.57 Å². The zero-order chi connectivity index (χ0) is 19.5. The minimum atomic E-state index is -0.230. The van der Waals surface area contributed by atoms with E-state index in [0.29, 0.717) is 28.1 Å². The number of nitrogens with one attached hydrogen (secondary N) is 1. The molecule has 2 heterocycles. The smallest absolute Gasteiger partial charge is 0.261 e. The lowest BCUT2D eigenvalue weighted by molar-refractivity contribution is 0.0946. The van der Waals surface area contributed by atoms with E-state index < -0.39 is 0 Å². The van der Waals surface area contributed by atoms with Gasteiger partial charge in [0.05, 0.1) is 24.0 Å². The molecule has 0 unspecified atom stereocenters. The van der Waals surface area contributed by atoms with Crippen molar-refractivity contribution < 1.29 is 9.32 Å². The van der Waals surface area contributed by atoms with E-state index in [1.54, 1.807) is 49.4 Å². The lowest BCUT2D eigenvalue weighted by atomic mass is 10.2. The number of aromatic nitrogens is 4. The number of fused-ring (bicyclic) bond motifs is 1. The first-order chi connectivity index (χ1) is 13.6. The lowest BCUT2D eigenvalue weighted by Gasteiger charge is -2.08. The number of aryl methyl sites for hydroxylation is 1. The fourth-order valence-electron chi connectivity index (χ4n) is 2.88. The van der Waals surface area contributed by atoms with Crippen molar-refractivity contribution in [3.8, 4) is 0 Å². The number of para-hydroxylation sites is 1. The van der Waals surface area contributed by atoms with Gasteiger partial charge < -0.3 is 9.84 Å². The molecule has 1 N–H and O–H groups in total. The number of amides is 1. The van der Waals surface area contributed by atoms with Crippen molar-refractivity contribution in [1.82, 2.24) is 25.0 Å². The van der Waals surface area contributed by atoms with Gasteiger partial charge in [0.25, 0.3) is 11.5 Å². The maximum Gasteiger partial charge on any atom is 0.261 e. The van der Waals surface area contributed by atoms with Crippen LogP contribution >= 0.6 is 0 Å². The van der Waals surface area contributed by atoms with E-state index >= 15 is 0 Å². The molecule has 0 atom stereocenters. The van der Waals surface area contributed by atoms with E-state index in [-0.39, 0.29) is 30.4 Å². The molecular weight excluding hydrogens is 358 g/mol. The highest BCUT2D eigenvalue weighted by Crippen LogP contribution is 2.09. The topological polar surface area (TPSA) is 103 Å². The number of nitrogens with zero attached hydrogens (tertiary/aromatic N) is 4. The molecule has 0 saturated carbocycles. The minimum absolute atomic E-state index is 0.102. The first-order valence-corrected chi connectivity index (χ1v) is 8.73. The highest BCUT2D eigenvalue weighted by molar-refractivity contribution is 5.93. The summed E-state index contributed by atoms with van der Waals surface area (Å²) in [6, 6.07) is 16.0. The second-order valence-corrected chi connectivity index (χ2v) is 6.22. The number of carbonyl (C=O) groups excluding carboxylic acids is 1.